The van der Waals surface area contributed by atoms with Crippen molar-refractivity contribution in [3.63, 3.8) is 0 Å². The van der Waals surface area contributed by atoms with Gasteiger partial charge in [0.1, 0.15) is 23.4 Å². The lowest BCUT2D eigenvalue weighted by Crippen LogP contribution is -2.39. The average molecular weight is 379 g/mol. The van der Waals surface area contributed by atoms with Crippen LogP contribution in [-0.4, -0.2) is 28.7 Å². The molecule has 28 heavy (non-hydrogen) atoms. The molecule has 2 atom stereocenters. The zero-order chi connectivity index (χ0) is 20.1. The minimum absolute atomic E-state index is 0.218. The van der Waals surface area contributed by atoms with Crippen LogP contribution in [0.25, 0.3) is 0 Å². The summed E-state index contributed by atoms with van der Waals surface area (Å²) in [7, 11) is 3.52. The summed E-state index contributed by atoms with van der Waals surface area (Å²) in [6.07, 6.45) is 2.91. The number of ether oxygens (including phenoxy) is 2. The number of nitrogens with zero attached hydrogens (tertiary/aromatic N) is 2. The van der Waals surface area contributed by atoms with E-state index in [9.17, 15) is 4.79 Å². The van der Waals surface area contributed by atoms with Crippen LogP contribution in [0.15, 0.2) is 60.9 Å². The van der Waals surface area contributed by atoms with Gasteiger partial charge < -0.3 is 19.4 Å². The third-order valence-corrected chi connectivity index (χ3v) is 4.56. The summed E-state index contributed by atoms with van der Waals surface area (Å²) in [4.78, 5) is 17.2. The zero-order valence-electron chi connectivity index (χ0n) is 16.5. The van der Waals surface area contributed by atoms with E-state index in [-0.39, 0.29) is 5.91 Å². The number of nitrogens with one attached hydrogen (secondary N) is 1. The molecule has 6 nitrogen and oxygen atoms in total. The monoisotopic (exact) mass is 379 g/mol. The van der Waals surface area contributed by atoms with Gasteiger partial charge in [0.2, 0.25) is 0 Å². The molecule has 0 fully saturated rings. The Labute approximate surface area is 165 Å². The van der Waals surface area contributed by atoms with Gasteiger partial charge in [-0.15, -0.1) is 0 Å². The Hall–Kier alpha value is -3.28. The Bertz CT molecular complexity index is 917. The summed E-state index contributed by atoms with van der Waals surface area (Å²) in [5, 5.41) is 3.06. The Balaban J connectivity index is 1.79. The molecule has 1 N–H and O–H groups in total. The molecule has 0 bridgehead atoms. The van der Waals surface area contributed by atoms with Crippen LogP contribution in [0.3, 0.4) is 0 Å². The molecule has 0 radical (unpaired) electrons. The molecule has 3 rings (SSSR count). The maximum atomic E-state index is 12.8. The molecule has 0 aliphatic heterocycles. The van der Waals surface area contributed by atoms with Crippen LogP contribution < -0.4 is 14.8 Å². The van der Waals surface area contributed by atoms with Crippen LogP contribution >= 0.6 is 0 Å². The molecule has 6 heteroatoms. The quantitative estimate of drug-likeness (QED) is 0.683. The summed E-state index contributed by atoms with van der Waals surface area (Å²) >= 11 is 0. The highest BCUT2D eigenvalue weighted by atomic mass is 16.5. The van der Waals surface area contributed by atoms with Crippen molar-refractivity contribution in [2.24, 2.45) is 7.05 Å². The number of amides is 1. The number of carbonyl (C=O) groups excluding carboxylic acids is 1. The van der Waals surface area contributed by atoms with Crippen molar-refractivity contribution in [1.29, 1.82) is 0 Å². The number of aromatic nitrogens is 2. The summed E-state index contributed by atoms with van der Waals surface area (Å²) in [6.45, 7) is 3.74. The topological polar surface area (TPSA) is 65.4 Å². The molecule has 1 aromatic heterocycles. The fourth-order valence-electron chi connectivity index (χ4n) is 2.88. The van der Waals surface area contributed by atoms with Crippen LogP contribution in [-0.2, 0) is 11.8 Å². The standard InChI is InChI=1S/C22H25N3O3/c1-15-5-9-19(10-6-15)28-16(2)22(26)24-20(21-23-13-14-25(21)3)17-7-11-18(27-4)12-8-17/h5-14,16,20H,1-4H3,(H,24,26)/t16-,20+/m1/s1. The molecule has 0 unspecified atom stereocenters. The van der Waals surface area contributed by atoms with Crippen molar-refractivity contribution in [3.05, 3.63) is 77.9 Å². The van der Waals surface area contributed by atoms with Gasteiger partial charge in [-0.1, -0.05) is 29.8 Å². The van der Waals surface area contributed by atoms with Crippen LogP contribution in [0.1, 0.15) is 29.9 Å². The molecule has 3 aromatic rings. The molecule has 0 saturated carbocycles. The van der Waals surface area contributed by atoms with E-state index in [1.54, 1.807) is 20.2 Å². The Morgan fingerprint density at radius 1 is 1.07 bits per heavy atom. The van der Waals surface area contributed by atoms with Crippen LogP contribution in [0.5, 0.6) is 11.5 Å². The van der Waals surface area contributed by atoms with Crippen molar-refractivity contribution in [3.8, 4) is 11.5 Å². The van der Waals surface area contributed by atoms with E-state index in [0.29, 0.717) is 5.75 Å². The van der Waals surface area contributed by atoms with Gasteiger partial charge in [0.15, 0.2) is 6.10 Å². The lowest BCUT2D eigenvalue weighted by molar-refractivity contribution is -0.127. The van der Waals surface area contributed by atoms with Crippen LogP contribution in [0.4, 0.5) is 0 Å². The minimum atomic E-state index is -0.649. The molecule has 1 amide bonds. The van der Waals surface area contributed by atoms with E-state index in [2.05, 4.69) is 10.3 Å². The van der Waals surface area contributed by atoms with Crippen molar-refractivity contribution in [2.75, 3.05) is 7.11 Å². The van der Waals surface area contributed by atoms with E-state index < -0.39 is 12.1 Å². The second-order valence-corrected chi connectivity index (χ2v) is 6.68. The largest absolute Gasteiger partial charge is 0.497 e. The van der Waals surface area contributed by atoms with Crippen molar-refractivity contribution in [1.82, 2.24) is 14.9 Å². The Kier molecular flexibility index (Phi) is 5.99. The number of hydrogen-bond acceptors (Lipinski definition) is 4. The third kappa shape index (κ3) is 4.52. The van der Waals surface area contributed by atoms with Gasteiger partial charge in [0.25, 0.3) is 5.91 Å². The Morgan fingerprint density at radius 2 is 1.71 bits per heavy atom. The summed E-state index contributed by atoms with van der Waals surface area (Å²) < 4.78 is 12.9. The van der Waals surface area contributed by atoms with Crippen molar-refractivity contribution >= 4 is 5.91 Å². The molecule has 0 spiro atoms. The predicted molar refractivity (Wildman–Crippen MR) is 107 cm³/mol. The maximum Gasteiger partial charge on any atom is 0.261 e. The van der Waals surface area contributed by atoms with E-state index in [1.165, 1.54) is 0 Å². The number of carbonyl (C=O) groups is 1. The van der Waals surface area contributed by atoms with Gasteiger partial charge in [0.05, 0.1) is 7.11 Å². The maximum absolute atomic E-state index is 12.8. The second kappa shape index (κ2) is 8.61. The fourth-order valence-corrected chi connectivity index (χ4v) is 2.88. The normalized spacial score (nSPS) is 12.9. The van der Waals surface area contributed by atoms with Crippen LogP contribution in [0, 0.1) is 6.92 Å². The number of rotatable bonds is 7. The average Bonchev–Trinajstić information content (AvgIpc) is 3.13. The van der Waals surface area contributed by atoms with E-state index in [0.717, 1.165) is 22.7 Å². The van der Waals surface area contributed by atoms with E-state index in [4.69, 9.17) is 9.47 Å². The molecular weight excluding hydrogens is 354 g/mol. The Morgan fingerprint density at radius 3 is 2.29 bits per heavy atom. The minimum Gasteiger partial charge on any atom is -0.497 e. The van der Waals surface area contributed by atoms with Crippen LogP contribution in [0.2, 0.25) is 0 Å². The second-order valence-electron chi connectivity index (χ2n) is 6.68. The zero-order valence-corrected chi connectivity index (χ0v) is 16.5. The first-order chi connectivity index (χ1) is 13.5. The number of hydrogen-bond donors (Lipinski definition) is 1. The number of methoxy groups -OCH3 is 1. The SMILES string of the molecule is COc1ccc([C@H](NC(=O)[C@@H](C)Oc2ccc(C)cc2)c2nccn2C)cc1. The molecule has 146 valence electrons. The van der Waals surface area contributed by atoms with Gasteiger partial charge in [-0.25, -0.2) is 4.98 Å². The highest BCUT2D eigenvalue weighted by Crippen LogP contribution is 2.23. The van der Waals surface area contributed by atoms with Gasteiger partial charge in [-0.2, -0.15) is 0 Å². The predicted octanol–water partition coefficient (Wildman–Crippen LogP) is 3.41. The number of aryl methyl sites for hydroxylation is 2. The summed E-state index contributed by atoms with van der Waals surface area (Å²) in [5.74, 6) is 1.93. The summed E-state index contributed by atoms with van der Waals surface area (Å²) in [6, 6.07) is 14.8. The van der Waals surface area contributed by atoms with Crippen molar-refractivity contribution < 1.29 is 14.3 Å². The smallest absolute Gasteiger partial charge is 0.261 e. The van der Waals surface area contributed by atoms with Gasteiger partial charge in [-0.05, 0) is 43.7 Å². The molecule has 0 aliphatic carbocycles. The molecule has 2 aromatic carbocycles. The van der Waals surface area contributed by atoms with Gasteiger partial charge in [-0.3, -0.25) is 4.79 Å². The first kappa shape index (κ1) is 19.5. The summed E-state index contributed by atoms with van der Waals surface area (Å²) in [5.41, 5.74) is 2.05. The first-order valence-electron chi connectivity index (χ1n) is 9.13. The van der Waals surface area contributed by atoms with Crippen molar-refractivity contribution in [2.45, 2.75) is 26.0 Å². The van der Waals surface area contributed by atoms with Gasteiger partial charge in [0, 0.05) is 19.4 Å². The molecular formula is C22H25N3O3. The van der Waals surface area contributed by atoms with Gasteiger partial charge >= 0.3 is 0 Å². The molecule has 0 saturated heterocycles. The molecule has 0 aliphatic rings. The lowest BCUT2D eigenvalue weighted by Gasteiger charge is -2.22. The number of imidazole rings is 1. The lowest BCUT2D eigenvalue weighted by atomic mass is 10.1. The third-order valence-electron chi connectivity index (χ3n) is 4.56. The fraction of sp³-hybridized carbons (Fsp3) is 0.273. The molecule has 1 heterocycles. The number of benzene rings is 2. The van der Waals surface area contributed by atoms with E-state index >= 15 is 0 Å². The first-order valence-corrected chi connectivity index (χ1v) is 9.13. The highest BCUT2D eigenvalue weighted by molar-refractivity contribution is 5.81. The highest BCUT2D eigenvalue weighted by Gasteiger charge is 2.24. The van der Waals surface area contributed by atoms with E-state index in [1.807, 2.05) is 73.3 Å².